The molecule has 0 fully saturated rings. The molecule has 0 saturated heterocycles. The molecule has 5 nitrogen and oxygen atoms in total. The Labute approximate surface area is 172 Å². The first-order valence-electron chi connectivity index (χ1n) is 10.1. The summed E-state index contributed by atoms with van der Waals surface area (Å²) in [4.78, 5) is 19.5. The van der Waals surface area contributed by atoms with Gasteiger partial charge < -0.3 is 4.84 Å². The van der Waals surface area contributed by atoms with Crippen LogP contribution in [0.25, 0.3) is 11.4 Å². The van der Waals surface area contributed by atoms with Gasteiger partial charge in [0.1, 0.15) is 12.3 Å². The third-order valence-corrected chi connectivity index (χ3v) is 4.70. The summed E-state index contributed by atoms with van der Waals surface area (Å²) < 4.78 is 0. The Kier molecular flexibility index (Phi) is 7.06. The maximum absolute atomic E-state index is 5.48. The number of pyridine rings is 3. The van der Waals surface area contributed by atoms with Crippen LogP contribution >= 0.6 is 0 Å². The average molecular weight is 389 g/mol. The minimum Gasteiger partial charge on any atom is -0.396 e. The second-order valence-corrected chi connectivity index (χ2v) is 7.11. The standard InChI is InChI=1S/C24H28N4O/c1-5-20-15-14-17(2)24(27-20)23-13-7-10-21(26-23)11-8-16-29-28-19(4)22-12-6-9-18(3)25-22/h6-7,9-10,12-15H,5,8,11,16H2,1-4H3. The minimum absolute atomic E-state index is 0.539. The number of hydrogen-bond donors (Lipinski definition) is 0. The molecule has 0 saturated carbocycles. The van der Waals surface area contributed by atoms with Gasteiger partial charge in [-0.05, 0) is 75.9 Å². The molecule has 0 radical (unpaired) electrons. The fourth-order valence-corrected chi connectivity index (χ4v) is 3.03. The lowest BCUT2D eigenvalue weighted by atomic mass is 10.1. The summed E-state index contributed by atoms with van der Waals surface area (Å²) in [5.41, 5.74) is 7.76. The molecule has 0 amide bonds. The van der Waals surface area contributed by atoms with E-state index in [1.165, 1.54) is 0 Å². The van der Waals surface area contributed by atoms with Gasteiger partial charge in [0.05, 0.1) is 17.1 Å². The molecule has 3 heterocycles. The van der Waals surface area contributed by atoms with Crippen molar-refractivity contribution in [2.75, 3.05) is 6.61 Å². The summed E-state index contributed by atoms with van der Waals surface area (Å²) >= 11 is 0. The summed E-state index contributed by atoms with van der Waals surface area (Å²) in [6.45, 7) is 8.61. The predicted molar refractivity (Wildman–Crippen MR) is 117 cm³/mol. The van der Waals surface area contributed by atoms with Crippen LogP contribution in [0.1, 0.15) is 48.6 Å². The molecule has 3 aromatic heterocycles. The molecular weight excluding hydrogens is 360 g/mol. The maximum Gasteiger partial charge on any atom is 0.117 e. The van der Waals surface area contributed by atoms with Crippen LogP contribution in [0.15, 0.2) is 53.7 Å². The number of nitrogens with zero attached hydrogens (tertiary/aromatic N) is 4. The van der Waals surface area contributed by atoms with Crippen LogP contribution < -0.4 is 0 Å². The molecule has 0 aliphatic carbocycles. The van der Waals surface area contributed by atoms with E-state index in [4.69, 9.17) is 14.8 Å². The third kappa shape index (κ3) is 5.70. The Morgan fingerprint density at radius 1 is 0.931 bits per heavy atom. The van der Waals surface area contributed by atoms with Gasteiger partial charge >= 0.3 is 0 Å². The summed E-state index contributed by atoms with van der Waals surface area (Å²) in [7, 11) is 0. The van der Waals surface area contributed by atoms with E-state index in [0.717, 1.165) is 64.7 Å². The molecule has 150 valence electrons. The lowest BCUT2D eigenvalue weighted by molar-refractivity contribution is 0.141. The van der Waals surface area contributed by atoms with E-state index in [-0.39, 0.29) is 0 Å². The number of aryl methyl sites for hydroxylation is 4. The van der Waals surface area contributed by atoms with E-state index >= 15 is 0 Å². The van der Waals surface area contributed by atoms with Gasteiger partial charge in [-0.1, -0.05) is 30.3 Å². The predicted octanol–water partition coefficient (Wildman–Crippen LogP) is 5.09. The van der Waals surface area contributed by atoms with Crippen LogP contribution in [0.3, 0.4) is 0 Å². The van der Waals surface area contributed by atoms with E-state index in [1.807, 2.05) is 50.2 Å². The van der Waals surface area contributed by atoms with Gasteiger partial charge in [-0.2, -0.15) is 0 Å². The van der Waals surface area contributed by atoms with E-state index in [1.54, 1.807) is 0 Å². The highest BCUT2D eigenvalue weighted by Gasteiger charge is 2.07. The minimum atomic E-state index is 0.539. The molecule has 0 aliphatic heterocycles. The van der Waals surface area contributed by atoms with Crippen molar-refractivity contribution in [3.8, 4) is 11.4 Å². The van der Waals surface area contributed by atoms with Gasteiger partial charge in [0.2, 0.25) is 0 Å². The average Bonchev–Trinajstić information content (AvgIpc) is 2.74. The summed E-state index contributed by atoms with van der Waals surface area (Å²) in [5.74, 6) is 0. The van der Waals surface area contributed by atoms with Gasteiger partial charge in [0, 0.05) is 17.1 Å². The van der Waals surface area contributed by atoms with Crippen molar-refractivity contribution in [2.45, 2.75) is 47.0 Å². The fraction of sp³-hybridized carbons (Fsp3) is 0.333. The Morgan fingerprint density at radius 3 is 2.55 bits per heavy atom. The molecule has 0 aliphatic rings. The van der Waals surface area contributed by atoms with Crippen LogP contribution in [-0.4, -0.2) is 27.3 Å². The maximum atomic E-state index is 5.48. The van der Waals surface area contributed by atoms with Crippen molar-refractivity contribution in [2.24, 2.45) is 5.16 Å². The highest BCUT2D eigenvalue weighted by atomic mass is 16.6. The molecule has 0 spiro atoms. The molecule has 0 bridgehead atoms. The molecular formula is C24H28N4O. The summed E-state index contributed by atoms with van der Waals surface area (Å²) in [5, 5.41) is 4.19. The highest BCUT2D eigenvalue weighted by Crippen LogP contribution is 2.20. The molecule has 29 heavy (non-hydrogen) atoms. The Bertz CT molecular complexity index is 998. The van der Waals surface area contributed by atoms with Gasteiger partial charge in [-0.25, -0.2) is 0 Å². The van der Waals surface area contributed by atoms with Crippen LogP contribution in [0.2, 0.25) is 0 Å². The van der Waals surface area contributed by atoms with Crippen LogP contribution in [0, 0.1) is 13.8 Å². The van der Waals surface area contributed by atoms with Crippen LogP contribution in [0.5, 0.6) is 0 Å². The second-order valence-electron chi connectivity index (χ2n) is 7.11. The van der Waals surface area contributed by atoms with E-state index < -0.39 is 0 Å². The van der Waals surface area contributed by atoms with Gasteiger partial charge in [0.25, 0.3) is 0 Å². The van der Waals surface area contributed by atoms with E-state index in [2.05, 4.69) is 36.1 Å². The van der Waals surface area contributed by atoms with E-state index in [0.29, 0.717) is 6.61 Å². The van der Waals surface area contributed by atoms with E-state index in [9.17, 15) is 0 Å². The van der Waals surface area contributed by atoms with Crippen molar-refractivity contribution in [1.29, 1.82) is 0 Å². The largest absolute Gasteiger partial charge is 0.396 e. The molecule has 0 unspecified atom stereocenters. The molecule has 0 aromatic carbocycles. The fourth-order valence-electron chi connectivity index (χ4n) is 3.03. The zero-order valence-electron chi connectivity index (χ0n) is 17.6. The van der Waals surface area contributed by atoms with Gasteiger partial charge in [0.15, 0.2) is 0 Å². The monoisotopic (exact) mass is 388 g/mol. The van der Waals surface area contributed by atoms with Crippen LogP contribution in [0.4, 0.5) is 0 Å². The molecule has 0 atom stereocenters. The second kappa shape index (κ2) is 9.92. The first-order valence-corrected chi connectivity index (χ1v) is 10.1. The summed E-state index contributed by atoms with van der Waals surface area (Å²) in [6.07, 6.45) is 2.59. The molecule has 5 heteroatoms. The van der Waals surface area contributed by atoms with Crippen molar-refractivity contribution >= 4 is 5.71 Å². The Hall–Kier alpha value is -3.08. The first-order chi connectivity index (χ1) is 14.1. The van der Waals surface area contributed by atoms with Crippen molar-refractivity contribution < 1.29 is 4.84 Å². The lowest BCUT2D eigenvalue weighted by Gasteiger charge is -2.08. The Morgan fingerprint density at radius 2 is 1.76 bits per heavy atom. The third-order valence-electron chi connectivity index (χ3n) is 4.70. The number of hydrogen-bond acceptors (Lipinski definition) is 5. The molecule has 0 N–H and O–H groups in total. The number of oxime groups is 1. The van der Waals surface area contributed by atoms with Crippen molar-refractivity contribution in [3.05, 3.63) is 76.9 Å². The smallest absolute Gasteiger partial charge is 0.117 e. The van der Waals surface area contributed by atoms with Crippen molar-refractivity contribution in [3.63, 3.8) is 0 Å². The lowest BCUT2D eigenvalue weighted by Crippen LogP contribution is -2.02. The zero-order chi connectivity index (χ0) is 20.6. The topological polar surface area (TPSA) is 60.3 Å². The highest BCUT2D eigenvalue weighted by molar-refractivity contribution is 5.96. The van der Waals surface area contributed by atoms with Crippen LogP contribution in [-0.2, 0) is 17.7 Å². The van der Waals surface area contributed by atoms with Gasteiger partial charge in [-0.15, -0.1) is 0 Å². The molecule has 3 rings (SSSR count). The van der Waals surface area contributed by atoms with Gasteiger partial charge in [-0.3, -0.25) is 15.0 Å². The first kappa shape index (κ1) is 20.6. The normalized spacial score (nSPS) is 11.5. The molecule has 3 aromatic rings. The SMILES string of the molecule is CCc1ccc(C)c(-c2cccc(CCCON=C(C)c3cccc(C)n3)n2)n1. The quantitative estimate of drug-likeness (QED) is 0.306. The zero-order valence-corrected chi connectivity index (χ0v) is 17.6. The van der Waals surface area contributed by atoms with Crippen molar-refractivity contribution in [1.82, 2.24) is 15.0 Å². The summed E-state index contributed by atoms with van der Waals surface area (Å²) in [6, 6.07) is 16.2. The number of rotatable bonds is 8. The number of aromatic nitrogens is 3. The Balaban J connectivity index is 1.57.